The Bertz CT molecular complexity index is 1060. The molecule has 0 saturated carbocycles. The van der Waals surface area contributed by atoms with Gasteiger partial charge in [-0.1, -0.05) is 6.07 Å². The van der Waals surface area contributed by atoms with E-state index in [-0.39, 0.29) is 24.8 Å². The molecule has 162 valence electrons. The van der Waals surface area contributed by atoms with Crippen LogP contribution in [0.3, 0.4) is 0 Å². The first-order chi connectivity index (χ1) is 14.8. The monoisotopic (exact) mass is 439 g/mol. The number of anilines is 3. The Kier molecular flexibility index (Phi) is 7.02. The molecule has 1 aliphatic rings. The van der Waals surface area contributed by atoms with Crippen molar-refractivity contribution in [1.29, 1.82) is 0 Å². The van der Waals surface area contributed by atoms with Gasteiger partial charge in [0.15, 0.2) is 0 Å². The molecule has 8 heteroatoms. The van der Waals surface area contributed by atoms with Crippen molar-refractivity contribution in [1.82, 2.24) is 0 Å². The van der Waals surface area contributed by atoms with Crippen LogP contribution in [0.2, 0.25) is 0 Å². The van der Waals surface area contributed by atoms with Crippen LogP contribution < -0.4 is 15.5 Å². The quantitative estimate of drug-likeness (QED) is 0.525. The first kappa shape index (κ1) is 22.4. The van der Waals surface area contributed by atoms with Gasteiger partial charge in [0.05, 0.1) is 24.9 Å². The molecular weight excluding hydrogens is 414 g/mol. The van der Waals surface area contributed by atoms with Gasteiger partial charge in [0.1, 0.15) is 6.54 Å². The summed E-state index contributed by atoms with van der Waals surface area (Å²) in [5.41, 5.74) is 4.33. The minimum absolute atomic E-state index is 0.0733. The number of esters is 1. The number of carbonyl (C=O) groups excluding carboxylic acids is 3. The molecule has 2 N–H and O–H groups in total. The molecule has 0 atom stereocenters. The highest BCUT2D eigenvalue weighted by atomic mass is 32.2. The lowest BCUT2D eigenvalue weighted by Crippen LogP contribution is -2.37. The summed E-state index contributed by atoms with van der Waals surface area (Å²) in [7, 11) is 1.30. The Balaban J connectivity index is 1.90. The van der Waals surface area contributed by atoms with Crippen LogP contribution in [0.25, 0.3) is 0 Å². The van der Waals surface area contributed by atoms with E-state index in [1.54, 1.807) is 17.8 Å². The molecule has 2 aromatic rings. The van der Waals surface area contributed by atoms with E-state index in [1.807, 2.05) is 50.4 Å². The van der Waals surface area contributed by atoms with E-state index in [0.29, 0.717) is 22.8 Å². The first-order valence-electron chi connectivity index (χ1n) is 9.71. The third-order valence-corrected chi connectivity index (χ3v) is 5.70. The zero-order chi connectivity index (χ0) is 22.5. The molecule has 7 nitrogen and oxygen atoms in total. The van der Waals surface area contributed by atoms with Crippen molar-refractivity contribution in [3.8, 4) is 0 Å². The number of thioether (sulfide) groups is 1. The predicted molar refractivity (Wildman–Crippen MR) is 123 cm³/mol. The zero-order valence-corrected chi connectivity index (χ0v) is 18.8. The maximum Gasteiger partial charge on any atom is 0.311 e. The molecule has 0 fully saturated rings. The second kappa shape index (κ2) is 9.70. The van der Waals surface area contributed by atoms with Gasteiger partial charge in [0.2, 0.25) is 5.91 Å². The first-order valence-corrected chi connectivity index (χ1v) is 10.9. The minimum Gasteiger partial charge on any atom is -0.469 e. The number of nitrogens with zero attached hydrogens (tertiary/aromatic N) is 1. The van der Waals surface area contributed by atoms with Gasteiger partial charge in [0.25, 0.3) is 5.91 Å². The van der Waals surface area contributed by atoms with Gasteiger partial charge in [-0.2, -0.15) is 0 Å². The molecule has 0 aliphatic carbocycles. The van der Waals surface area contributed by atoms with Crippen molar-refractivity contribution in [2.45, 2.75) is 25.2 Å². The number of benzene rings is 2. The number of hydrogen-bond donors (Lipinski definition) is 2. The molecule has 0 bridgehead atoms. The predicted octanol–water partition coefficient (Wildman–Crippen LogP) is 3.87. The molecule has 1 heterocycles. The summed E-state index contributed by atoms with van der Waals surface area (Å²) in [6.45, 7) is 3.74. The van der Waals surface area contributed by atoms with Crippen molar-refractivity contribution in [3.05, 3.63) is 59.3 Å². The van der Waals surface area contributed by atoms with Crippen molar-refractivity contribution in [3.63, 3.8) is 0 Å². The Hall–Kier alpha value is -3.26. The summed E-state index contributed by atoms with van der Waals surface area (Å²) in [5.74, 6) is -1.17. The van der Waals surface area contributed by atoms with Crippen LogP contribution in [-0.2, 0) is 19.1 Å². The van der Waals surface area contributed by atoms with E-state index >= 15 is 0 Å². The van der Waals surface area contributed by atoms with Gasteiger partial charge < -0.3 is 15.4 Å². The molecule has 0 unspecified atom stereocenters. The summed E-state index contributed by atoms with van der Waals surface area (Å²) in [4.78, 5) is 40.0. The molecule has 0 radical (unpaired) electrons. The zero-order valence-electron chi connectivity index (χ0n) is 17.9. The van der Waals surface area contributed by atoms with Crippen LogP contribution in [0, 0.1) is 13.8 Å². The minimum atomic E-state index is -0.461. The van der Waals surface area contributed by atoms with Gasteiger partial charge in [-0.25, -0.2) is 0 Å². The largest absolute Gasteiger partial charge is 0.469 e. The summed E-state index contributed by atoms with van der Waals surface area (Å²) in [6, 6.07) is 11.3. The van der Waals surface area contributed by atoms with E-state index in [0.717, 1.165) is 16.0 Å². The number of amides is 2. The van der Waals surface area contributed by atoms with Crippen LogP contribution >= 0.6 is 11.8 Å². The van der Waals surface area contributed by atoms with Crippen molar-refractivity contribution in [2.75, 3.05) is 35.4 Å². The summed E-state index contributed by atoms with van der Waals surface area (Å²) in [5, 5.41) is 6.01. The number of ether oxygens (including phenoxy) is 1. The fraction of sp³-hybridized carbons (Fsp3) is 0.261. The summed E-state index contributed by atoms with van der Waals surface area (Å²) < 4.78 is 4.73. The summed E-state index contributed by atoms with van der Waals surface area (Å²) in [6.07, 6.45) is 3.22. The number of methoxy groups -OCH3 is 1. The van der Waals surface area contributed by atoms with Crippen LogP contribution in [0.5, 0.6) is 0 Å². The molecule has 31 heavy (non-hydrogen) atoms. The standard InChI is InChI=1S/C23H25N3O4S/c1-14-8-19-20(9-15(14)2)26(22(28)11-17(24-19)12-23(29)30-3)13-21(27)25-16-6-5-7-18(10-16)31-4/h5-11,24H,12-13H2,1-4H3,(H,25,27). The normalized spacial score (nSPS) is 13.0. The molecular formula is C23H25N3O4S. The third kappa shape index (κ3) is 5.46. The van der Waals surface area contributed by atoms with E-state index in [1.165, 1.54) is 18.1 Å². The van der Waals surface area contributed by atoms with E-state index in [2.05, 4.69) is 10.6 Å². The molecule has 3 rings (SSSR count). The maximum atomic E-state index is 13.0. The van der Waals surface area contributed by atoms with Crippen LogP contribution in [0.15, 0.2) is 53.1 Å². The molecule has 2 aromatic carbocycles. The average Bonchev–Trinajstić information content (AvgIpc) is 2.85. The topological polar surface area (TPSA) is 87.7 Å². The van der Waals surface area contributed by atoms with Gasteiger partial charge >= 0.3 is 5.97 Å². The lowest BCUT2D eigenvalue weighted by Gasteiger charge is -2.23. The number of carbonyl (C=O) groups is 3. The third-order valence-electron chi connectivity index (χ3n) is 4.98. The molecule has 0 spiro atoms. The lowest BCUT2D eigenvalue weighted by atomic mass is 10.1. The van der Waals surface area contributed by atoms with E-state index in [9.17, 15) is 14.4 Å². The Morgan fingerprint density at radius 3 is 2.61 bits per heavy atom. The highest BCUT2D eigenvalue weighted by molar-refractivity contribution is 7.98. The Morgan fingerprint density at radius 1 is 1.16 bits per heavy atom. The molecule has 1 aliphatic heterocycles. The van der Waals surface area contributed by atoms with Crippen molar-refractivity contribution >= 4 is 46.6 Å². The maximum absolute atomic E-state index is 13.0. The second-order valence-corrected chi connectivity index (χ2v) is 8.09. The van der Waals surface area contributed by atoms with Gasteiger partial charge in [-0.05, 0) is 61.6 Å². The van der Waals surface area contributed by atoms with E-state index in [4.69, 9.17) is 4.74 Å². The molecule has 2 amide bonds. The van der Waals surface area contributed by atoms with Gasteiger partial charge in [-0.15, -0.1) is 11.8 Å². The van der Waals surface area contributed by atoms with Crippen molar-refractivity contribution in [2.24, 2.45) is 0 Å². The smallest absolute Gasteiger partial charge is 0.311 e. The number of nitrogens with one attached hydrogen (secondary N) is 2. The number of hydrogen-bond acceptors (Lipinski definition) is 6. The number of fused-ring (bicyclic) bond motifs is 1. The van der Waals surface area contributed by atoms with Crippen LogP contribution in [0.1, 0.15) is 17.5 Å². The van der Waals surface area contributed by atoms with E-state index < -0.39 is 5.97 Å². The van der Waals surface area contributed by atoms with Crippen LogP contribution in [-0.4, -0.2) is 37.7 Å². The fourth-order valence-corrected chi connectivity index (χ4v) is 3.67. The van der Waals surface area contributed by atoms with Gasteiger partial charge in [-0.3, -0.25) is 19.3 Å². The van der Waals surface area contributed by atoms with Crippen LogP contribution in [0.4, 0.5) is 17.1 Å². The average molecular weight is 440 g/mol. The lowest BCUT2D eigenvalue weighted by molar-refractivity contribution is -0.139. The number of aryl methyl sites for hydroxylation is 2. The highest BCUT2D eigenvalue weighted by Crippen LogP contribution is 2.33. The highest BCUT2D eigenvalue weighted by Gasteiger charge is 2.26. The molecule has 0 saturated heterocycles. The Morgan fingerprint density at radius 2 is 1.90 bits per heavy atom. The SMILES string of the molecule is COC(=O)CC1=CC(=O)N(CC(=O)Nc2cccc(SC)c2)c2cc(C)c(C)cc2N1. The number of rotatable bonds is 6. The second-order valence-electron chi connectivity index (χ2n) is 7.21. The molecule has 0 aromatic heterocycles. The van der Waals surface area contributed by atoms with Crippen molar-refractivity contribution < 1.29 is 19.1 Å². The van der Waals surface area contributed by atoms with Gasteiger partial charge in [0, 0.05) is 22.4 Å². The fourth-order valence-electron chi connectivity index (χ4n) is 3.21. The summed E-state index contributed by atoms with van der Waals surface area (Å²) >= 11 is 1.58. The Labute approximate surface area is 185 Å².